The highest BCUT2D eigenvalue weighted by atomic mass is 16.5. The van der Waals surface area contributed by atoms with Gasteiger partial charge < -0.3 is 14.4 Å². The van der Waals surface area contributed by atoms with Crippen LogP contribution in [0.5, 0.6) is 0 Å². The third-order valence-corrected chi connectivity index (χ3v) is 5.36. The first kappa shape index (κ1) is 19.0. The van der Waals surface area contributed by atoms with Crippen molar-refractivity contribution in [3.8, 4) is 5.69 Å². The lowest BCUT2D eigenvalue weighted by Crippen LogP contribution is -2.48. The summed E-state index contributed by atoms with van der Waals surface area (Å²) < 4.78 is 12.5. The zero-order chi connectivity index (χ0) is 19.2. The molecule has 0 radical (unpaired) electrons. The molecule has 1 aromatic heterocycles. The lowest BCUT2D eigenvalue weighted by molar-refractivity contribution is 0.0141. The molecule has 1 amide bonds. The fraction of sp³-hybridized carbons (Fsp3) is 0.579. The third-order valence-electron chi connectivity index (χ3n) is 5.36. The molecule has 28 heavy (non-hydrogen) atoms. The van der Waals surface area contributed by atoms with E-state index in [-0.39, 0.29) is 11.9 Å². The van der Waals surface area contributed by atoms with E-state index in [1.807, 2.05) is 29.2 Å². The van der Waals surface area contributed by atoms with Crippen molar-refractivity contribution in [3.63, 3.8) is 0 Å². The number of benzene rings is 1. The Hall–Kier alpha value is -2.36. The highest BCUT2D eigenvalue weighted by Crippen LogP contribution is 2.19. The number of hydrogen-bond acceptors (Lipinski definition) is 7. The van der Waals surface area contributed by atoms with E-state index in [1.54, 1.807) is 4.68 Å². The van der Waals surface area contributed by atoms with Gasteiger partial charge in [0, 0.05) is 51.0 Å². The molecule has 0 unspecified atom stereocenters. The summed E-state index contributed by atoms with van der Waals surface area (Å²) in [4.78, 5) is 17.8. The topological polar surface area (TPSA) is 85.6 Å². The molecule has 3 heterocycles. The first-order chi connectivity index (χ1) is 13.8. The fourth-order valence-corrected chi connectivity index (χ4v) is 3.75. The van der Waals surface area contributed by atoms with Crippen LogP contribution in [-0.4, -0.2) is 94.6 Å². The molecule has 2 aliphatic heterocycles. The predicted octanol–water partition coefficient (Wildman–Crippen LogP) is 0.616. The molecule has 9 heteroatoms. The maximum atomic E-state index is 13.4. The molecule has 2 aromatic rings. The van der Waals surface area contributed by atoms with Crippen molar-refractivity contribution in [1.82, 2.24) is 30.0 Å². The van der Waals surface area contributed by atoms with Gasteiger partial charge in [-0.25, -0.2) is 4.68 Å². The van der Waals surface area contributed by atoms with Crippen LogP contribution < -0.4 is 0 Å². The fourth-order valence-electron chi connectivity index (χ4n) is 3.75. The number of nitrogens with zero attached hydrogens (tertiary/aromatic N) is 6. The summed E-state index contributed by atoms with van der Waals surface area (Å²) in [5, 5.41) is 11.3. The first-order valence-electron chi connectivity index (χ1n) is 9.83. The molecule has 2 fully saturated rings. The minimum atomic E-state index is 0.0510. The molecular formula is C19H26N6O3. The summed E-state index contributed by atoms with van der Waals surface area (Å²) in [5.41, 5.74) is 1.43. The number of hydrogen-bond donors (Lipinski definition) is 0. The summed E-state index contributed by atoms with van der Waals surface area (Å²) >= 11 is 0. The zero-order valence-electron chi connectivity index (χ0n) is 15.9. The average molecular weight is 386 g/mol. The summed E-state index contributed by atoms with van der Waals surface area (Å²) in [5.74, 6) is 0.0510. The molecule has 4 rings (SSSR count). The Morgan fingerprint density at radius 3 is 2.68 bits per heavy atom. The van der Waals surface area contributed by atoms with E-state index in [0.717, 1.165) is 51.4 Å². The van der Waals surface area contributed by atoms with E-state index >= 15 is 0 Å². The van der Waals surface area contributed by atoms with Crippen LogP contribution in [0.2, 0.25) is 0 Å². The SMILES string of the molecule is O=C(c1cccc(-n2cnnn2)c1)N(CCN1CCOCC1)C1CCOCC1. The van der Waals surface area contributed by atoms with Gasteiger partial charge in [0.15, 0.2) is 0 Å². The Morgan fingerprint density at radius 2 is 1.93 bits per heavy atom. The Kier molecular flexibility index (Phi) is 6.25. The molecule has 2 saturated heterocycles. The number of ether oxygens (including phenoxy) is 2. The second-order valence-corrected chi connectivity index (χ2v) is 7.10. The van der Waals surface area contributed by atoms with Gasteiger partial charge >= 0.3 is 0 Å². The minimum Gasteiger partial charge on any atom is -0.381 e. The largest absolute Gasteiger partial charge is 0.381 e. The summed E-state index contributed by atoms with van der Waals surface area (Å²) in [7, 11) is 0. The molecule has 0 atom stereocenters. The highest BCUT2D eigenvalue weighted by Gasteiger charge is 2.27. The van der Waals surface area contributed by atoms with Crippen molar-refractivity contribution in [1.29, 1.82) is 0 Å². The van der Waals surface area contributed by atoms with Gasteiger partial charge in [-0.05, 0) is 41.5 Å². The standard InChI is InChI=1S/C19H26N6O3/c26-19(16-2-1-3-18(14-16)25-15-20-21-22-25)24(17-4-10-27-11-5-17)7-6-23-8-12-28-13-9-23/h1-3,14-15,17H,4-13H2. The van der Waals surface area contributed by atoms with E-state index in [4.69, 9.17) is 9.47 Å². The normalized spacial score (nSPS) is 18.9. The maximum Gasteiger partial charge on any atom is 0.254 e. The van der Waals surface area contributed by atoms with Crippen LogP contribution >= 0.6 is 0 Å². The Morgan fingerprint density at radius 1 is 1.14 bits per heavy atom. The van der Waals surface area contributed by atoms with Crippen molar-refractivity contribution in [3.05, 3.63) is 36.2 Å². The number of carbonyl (C=O) groups excluding carboxylic acids is 1. The number of rotatable bonds is 6. The van der Waals surface area contributed by atoms with Crippen LogP contribution in [0.25, 0.3) is 5.69 Å². The number of morpholine rings is 1. The molecule has 150 valence electrons. The van der Waals surface area contributed by atoms with Crippen LogP contribution in [0.1, 0.15) is 23.2 Å². The van der Waals surface area contributed by atoms with E-state index < -0.39 is 0 Å². The molecule has 0 spiro atoms. The van der Waals surface area contributed by atoms with E-state index in [0.29, 0.717) is 25.3 Å². The van der Waals surface area contributed by atoms with Crippen LogP contribution in [0, 0.1) is 0 Å². The van der Waals surface area contributed by atoms with E-state index in [9.17, 15) is 4.79 Å². The highest BCUT2D eigenvalue weighted by molar-refractivity contribution is 5.95. The minimum absolute atomic E-state index is 0.0510. The van der Waals surface area contributed by atoms with Gasteiger partial charge in [0.25, 0.3) is 5.91 Å². The van der Waals surface area contributed by atoms with Gasteiger partial charge in [0.05, 0.1) is 18.9 Å². The molecular weight excluding hydrogens is 360 g/mol. The Labute approximate surface area is 164 Å². The van der Waals surface area contributed by atoms with Gasteiger partial charge in [0.1, 0.15) is 6.33 Å². The van der Waals surface area contributed by atoms with E-state index in [2.05, 4.69) is 20.4 Å². The Bertz CT molecular complexity index is 757. The molecule has 1 aromatic carbocycles. The monoisotopic (exact) mass is 386 g/mol. The van der Waals surface area contributed by atoms with Crippen LogP contribution in [0.15, 0.2) is 30.6 Å². The molecule has 2 aliphatic rings. The summed E-state index contributed by atoms with van der Waals surface area (Å²) in [6.07, 6.45) is 3.28. The van der Waals surface area contributed by atoms with Crippen molar-refractivity contribution in [2.45, 2.75) is 18.9 Å². The smallest absolute Gasteiger partial charge is 0.254 e. The van der Waals surface area contributed by atoms with Crippen molar-refractivity contribution >= 4 is 5.91 Å². The number of tetrazole rings is 1. The molecule has 9 nitrogen and oxygen atoms in total. The Balaban J connectivity index is 1.51. The lowest BCUT2D eigenvalue weighted by Gasteiger charge is -2.36. The van der Waals surface area contributed by atoms with Gasteiger partial charge in [-0.15, -0.1) is 5.10 Å². The molecule has 0 N–H and O–H groups in total. The summed E-state index contributed by atoms with van der Waals surface area (Å²) in [6.45, 7) is 6.35. The van der Waals surface area contributed by atoms with Crippen LogP contribution in [-0.2, 0) is 9.47 Å². The van der Waals surface area contributed by atoms with Gasteiger partial charge in [0.2, 0.25) is 0 Å². The quantitative estimate of drug-likeness (QED) is 0.719. The summed E-state index contributed by atoms with van der Waals surface area (Å²) in [6, 6.07) is 7.67. The maximum absolute atomic E-state index is 13.4. The van der Waals surface area contributed by atoms with Gasteiger partial charge in [-0.3, -0.25) is 9.69 Å². The molecule has 0 saturated carbocycles. The first-order valence-corrected chi connectivity index (χ1v) is 9.83. The second-order valence-electron chi connectivity index (χ2n) is 7.10. The molecule has 0 aliphatic carbocycles. The van der Waals surface area contributed by atoms with Gasteiger partial charge in [-0.2, -0.15) is 0 Å². The van der Waals surface area contributed by atoms with Crippen molar-refractivity contribution in [2.24, 2.45) is 0 Å². The average Bonchev–Trinajstić information content (AvgIpc) is 3.30. The number of amides is 1. The van der Waals surface area contributed by atoms with Crippen molar-refractivity contribution < 1.29 is 14.3 Å². The van der Waals surface area contributed by atoms with Crippen LogP contribution in [0.4, 0.5) is 0 Å². The van der Waals surface area contributed by atoms with Gasteiger partial charge in [-0.1, -0.05) is 6.07 Å². The lowest BCUT2D eigenvalue weighted by atomic mass is 10.0. The van der Waals surface area contributed by atoms with Crippen LogP contribution in [0.3, 0.4) is 0 Å². The number of aromatic nitrogens is 4. The second kappa shape index (κ2) is 9.22. The van der Waals surface area contributed by atoms with Crippen molar-refractivity contribution in [2.75, 3.05) is 52.6 Å². The van der Waals surface area contributed by atoms with E-state index in [1.165, 1.54) is 6.33 Å². The third kappa shape index (κ3) is 4.54. The zero-order valence-corrected chi connectivity index (χ0v) is 15.9. The predicted molar refractivity (Wildman–Crippen MR) is 101 cm³/mol. The number of carbonyl (C=O) groups is 1. The molecule has 0 bridgehead atoms.